The minimum Gasteiger partial charge on any atom is -0.489 e. The molecule has 0 bridgehead atoms. The second-order valence-corrected chi connectivity index (χ2v) is 7.07. The maximum atomic E-state index is 10.3. The first-order valence-corrected chi connectivity index (χ1v) is 9.92. The van der Waals surface area contributed by atoms with Gasteiger partial charge in [0.25, 0.3) is 0 Å². The molecule has 0 atom stereocenters. The Balaban J connectivity index is 2.10. The Morgan fingerprint density at radius 3 is 2.41 bits per heavy atom. The third-order valence-corrected chi connectivity index (χ3v) is 5.07. The van der Waals surface area contributed by atoms with Crippen molar-refractivity contribution < 1.29 is 20.1 Å². The molecule has 4 nitrogen and oxygen atoms in total. The summed E-state index contributed by atoms with van der Waals surface area (Å²) in [5.74, 6) is 6.65. The van der Waals surface area contributed by atoms with Crippen molar-refractivity contribution in [3.63, 3.8) is 0 Å². The summed E-state index contributed by atoms with van der Waals surface area (Å²) in [5.41, 5.74) is 3.42. The first-order chi connectivity index (χ1) is 13.9. The van der Waals surface area contributed by atoms with E-state index in [2.05, 4.69) is 11.8 Å². The van der Waals surface area contributed by atoms with Gasteiger partial charge in [-0.15, -0.1) is 0 Å². The van der Waals surface area contributed by atoms with Gasteiger partial charge >= 0.3 is 0 Å². The van der Waals surface area contributed by atoms with Gasteiger partial charge in [0.2, 0.25) is 0 Å². The zero-order chi connectivity index (χ0) is 21.3. The van der Waals surface area contributed by atoms with E-state index < -0.39 is 5.60 Å². The summed E-state index contributed by atoms with van der Waals surface area (Å²) < 4.78 is 5.90. The lowest BCUT2D eigenvalue weighted by atomic mass is 9.98. The van der Waals surface area contributed by atoms with Crippen molar-refractivity contribution in [2.45, 2.75) is 59.0 Å². The van der Waals surface area contributed by atoms with E-state index in [1.807, 2.05) is 63.2 Å². The molecule has 4 heteroatoms. The Bertz CT molecular complexity index is 899. The van der Waals surface area contributed by atoms with Crippen LogP contribution in [0.25, 0.3) is 5.57 Å². The molecule has 3 N–H and O–H groups in total. The monoisotopic (exact) mass is 394 g/mol. The summed E-state index contributed by atoms with van der Waals surface area (Å²) in [6.45, 7) is 5.99. The first kappa shape index (κ1) is 22.7. The number of ether oxygens (including phenoxy) is 1. The van der Waals surface area contributed by atoms with Gasteiger partial charge in [-0.25, -0.2) is 0 Å². The van der Waals surface area contributed by atoms with Crippen LogP contribution in [-0.4, -0.2) is 20.9 Å². The zero-order valence-electron chi connectivity index (χ0n) is 17.4. The van der Waals surface area contributed by atoms with Crippen LogP contribution in [0.3, 0.4) is 0 Å². The highest BCUT2D eigenvalue weighted by Gasteiger charge is 2.17. The maximum absolute atomic E-state index is 10.3. The smallest absolute Gasteiger partial charge is 0.125 e. The number of rotatable bonds is 8. The molecule has 0 unspecified atom stereocenters. The van der Waals surface area contributed by atoms with Gasteiger partial charge in [-0.2, -0.15) is 0 Å². The molecule has 0 spiro atoms. The average Bonchev–Trinajstić information content (AvgIpc) is 2.77. The van der Waals surface area contributed by atoms with E-state index in [1.54, 1.807) is 6.07 Å². The van der Waals surface area contributed by atoms with E-state index in [4.69, 9.17) is 4.74 Å². The molecular formula is C25H30O4. The molecule has 0 saturated carbocycles. The molecule has 2 rings (SSSR count). The number of hydrogen-bond acceptors (Lipinski definition) is 4. The van der Waals surface area contributed by atoms with Crippen LogP contribution in [0.1, 0.15) is 55.9 Å². The molecule has 0 heterocycles. The van der Waals surface area contributed by atoms with Crippen molar-refractivity contribution >= 4 is 5.57 Å². The normalized spacial score (nSPS) is 11.7. The molecule has 0 saturated heterocycles. The number of aliphatic hydroxyl groups is 3. The van der Waals surface area contributed by atoms with Gasteiger partial charge in [-0.1, -0.05) is 50.0 Å². The molecule has 154 valence electrons. The van der Waals surface area contributed by atoms with Crippen molar-refractivity contribution in [3.05, 3.63) is 70.8 Å². The van der Waals surface area contributed by atoms with Gasteiger partial charge in [0, 0.05) is 0 Å². The summed E-state index contributed by atoms with van der Waals surface area (Å²) in [5, 5.41) is 29.0. The van der Waals surface area contributed by atoms with E-state index >= 15 is 0 Å². The van der Waals surface area contributed by atoms with Crippen LogP contribution in [0.4, 0.5) is 0 Å². The number of hydrogen-bond donors (Lipinski definition) is 3. The van der Waals surface area contributed by atoms with Crippen molar-refractivity contribution in [2.24, 2.45) is 0 Å². The highest BCUT2D eigenvalue weighted by Crippen LogP contribution is 2.22. The summed E-state index contributed by atoms with van der Waals surface area (Å²) in [4.78, 5) is 0. The van der Waals surface area contributed by atoms with Crippen molar-refractivity contribution in [1.82, 2.24) is 0 Å². The highest BCUT2D eigenvalue weighted by molar-refractivity contribution is 5.67. The van der Waals surface area contributed by atoms with E-state index in [1.165, 1.54) is 0 Å². The fourth-order valence-electron chi connectivity index (χ4n) is 2.86. The summed E-state index contributed by atoms with van der Waals surface area (Å²) in [6.07, 6.45) is 3.02. The minimum atomic E-state index is -0.930. The summed E-state index contributed by atoms with van der Waals surface area (Å²) in [6, 6.07) is 13.3. The van der Waals surface area contributed by atoms with Crippen LogP contribution in [-0.2, 0) is 19.8 Å². The second kappa shape index (κ2) is 10.8. The molecule has 2 aromatic rings. The van der Waals surface area contributed by atoms with Crippen LogP contribution in [0.15, 0.2) is 48.5 Å². The molecule has 29 heavy (non-hydrogen) atoms. The molecular weight excluding hydrogens is 364 g/mol. The standard InChI is InChI=1S/C25H30O4/c1-4-25(28,5-2)13-7-8-19(3)21-9-6-10-24(15-21)29-18-20-11-12-22(16-26)23(14-20)17-27/h6,8-12,14-15,26-28H,4-5,16-18H2,1-3H3/b19-8-. The second-order valence-electron chi connectivity index (χ2n) is 7.07. The van der Waals surface area contributed by atoms with Gasteiger partial charge in [0.1, 0.15) is 18.0 Å². The summed E-state index contributed by atoms with van der Waals surface area (Å²) in [7, 11) is 0. The van der Waals surface area contributed by atoms with Crippen LogP contribution >= 0.6 is 0 Å². The maximum Gasteiger partial charge on any atom is 0.125 e. The fraction of sp³-hybridized carbons (Fsp3) is 0.360. The van der Waals surface area contributed by atoms with Crippen molar-refractivity contribution in [3.8, 4) is 17.6 Å². The molecule has 0 aliphatic heterocycles. The van der Waals surface area contributed by atoms with Crippen molar-refractivity contribution in [1.29, 1.82) is 0 Å². The van der Waals surface area contributed by atoms with Gasteiger partial charge in [-0.3, -0.25) is 0 Å². The van der Waals surface area contributed by atoms with E-state index in [0.717, 1.165) is 28.0 Å². The molecule has 0 radical (unpaired) electrons. The molecule has 2 aromatic carbocycles. The lowest BCUT2D eigenvalue weighted by Crippen LogP contribution is -2.23. The quantitative estimate of drug-likeness (QED) is 0.587. The predicted molar refractivity (Wildman–Crippen MR) is 116 cm³/mol. The Labute approximate surface area is 173 Å². The zero-order valence-corrected chi connectivity index (χ0v) is 17.4. The van der Waals surface area contributed by atoms with Crippen LogP contribution in [0, 0.1) is 11.8 Å². The van der Waals surface area contributed by atoms with Crippen molar-refractivity contribution in [2.75, 3.05) is 0 Å². The van der Waals surface area contributed by atoms with E-state index in [-0.39, 0.29) is 13.2 Å². The summed E-state index contributed by atoms with van der Waals surface area (Å²) >= 11 is 0. The minimum absolute atomic E-state index is 0.0957. The number of aliphatic hydroxyl groups excluding tert-OH is 2. The first-order valence-electron chi connectivity index (χ1n) is 9.92. The molecule has 0 fully saturated rings. The number of allylic oxidation sites excluding steroid dienone is 2. The number of benzene rings is 2. The molecule has 0 aromatic heterocycles. The SMILES string of the molecule is CCC(O)(C#C/C=C(/C)c1cccc(OCc2ccc(CO)c(CO)c2)c1)CC. The lowest BCUT2D eigenvalue weighted by Gasteiger charge is -2.16. The Morgan fingerprint density at radius 2 is 1.76 bits per heavy atom. The molecule has 0 amide bonds. The molecule has 0 aliphatic carbocycles. The Kier molecular flexibility index (Phi) is 8.48. The fourth-order valence-corrected chi connectivity index (χ4v) is 2.86. The average molecular weight is 395 g/mol. The Hall–Kier alpha value is -2.58. The predicted octanol–water partition coefficient (Wildman–Crippen LogP) is 4.21. The van der Waals surface area contributed by atoms with E-state index in [9.17, 15) is 15.3 Å². The van der Waals surface area contributed by atoms with Crippen LogP contribution in [0.2, 0.25) is 0 Å². The topological polar surface area (TPSA) is 69.9 Å². The third kappa shape index (κ3) is 6.47. The highest BCUT2D eigenvalue weighted by atomic mass is 16.5. The van der Waals surface area contributed by atoms with Gasteiger partial charge < -0.3 is 20.1 Å². The van der Waals surface area contributed by atoms with E-state index in [0.29, 0.717) is 25.0 Å². The van der Waals surface area contributed by atoms with Crippen LogP contribution < -0.4 is 4.74 Å². The Morgan fingerprint density at radius 1 is 1.03 bits per heavy atom. The van der Waals surface area contributed by atoms with Crippen LogP contribution in [0.5, 0.6) is 5.75 Å². The van der Waals surface area contributed by atoms with Gasteiger partial charge in [0.15, 0.2) is 0 Å². The lowest BCUT2D eigenvalue weighted by molar-refractivity contribution is 0.0931. The third-order valence-electron chi connectivity index (χ3n) is 5.07. The largest absolute Gasteiger partial charge is 0.489 e. The van der Waals surface area contributed by atoms with Gasteiger partial charge in [0.05, 0.1) is 13.2 Å². The van der Waals surface area contributed by atoms with Gasteiger partial charge in [-0.05, 0) is 71.9 Å². The molecule has 0 aliphatic rings.